The summed E-state index contributed by atoms with van der Waals surface area (Å²) in [5, 5.41) is 0. The lowest BCUT2D eigenvalue weighted by atomic mass is 9.98. The summed E-state index contributed by atoms with van der Waals surface area (Å²) in [7, 11) is 1.80. The maximum absolute atomic E-state index is 6.13. The van der Waals surface area contributed by atoms with E-state index < -0.39 is 0 Å². The van der Waals surface area contributed by atoms with Crippen LogP contribution >= 0.6 is 0 Å². The third-order valence-electron chi connectivity index (χ3n) is 3.10. The second-order valence-corrected chi connectivity index (χ2v) is 5.03. The maximum atomic E-state index is 6.13. The minimum Gasteiger partial charge on any atom is -0.380 e. The fraction of sp³-hybridized carbons (Fsp3) is 1.00. The molecule has 84 valence electrons. The Morgan fingerprint density at radius 3 is 2.36 bits per heavy atom. The Hall–Kier alpha value is -0.0800. The lowest BCUT2D eigenvalue weighted by molar-refractivity contribution is 0.0593. The highest BCUT2D eigenvalue weighted by Crippen LogP contribution is 2.36. The number of rotatable bonds is 7. The van der Waals surface area contributed by atoms with E-state index in [-0.39, 0.29) is 6.04 Å². The van der Waals surface area contributed by atoms with Gasteiger partial charge in [-0.1, -0.05) is 26.7 Å². The molecule has 2 atom stereocenters. The molecule has 2 heteroatoms. The van der Waals surface area contributed by atoms with E-state index in [1.807, 2.05) is 0 Å². The molecular weight excluding hydrogens is 174 g/mol. The largest absolute Gasteiger partial charge is 0.380 e. The van der Waals surface area contributed by atoms with Crippen LogP contribution in [0.3, 0.4) is 0 Å². The summed E-state index contributed by atoms with van der Waals surface area (Å²) in [5.41, 5.74) is 6.13. The SMILES string of the molecule is COC(C(N)CCCC(C)C)C1CC1. The molecule has 1 aliphatic rings. The van der Waals surface area contributed by atoms with E-state index in [9.17, 15) is 0 Å². The second kappa shape index (κ2) is 5.72. The fourth-order valence-electron chi connectivity index (χ4n) is 2.07. The van der Waals surface area contributed by atoms with Crippen molar-refractivity contribution in [3.63, 3.8) is 0 Å². The highest BCUT2D eigenvalue weighted by Gasteiger charge is 2.34. The van der Waals surface area contributed by atoms with Crippen LogP contribution in [0, 0.1) is 11.8 Å². The molecule has 2 unspecified atom stereocenters. The molecule has 14 heavy (non-hydrogen) atoms. The van der Waals surface area contributed by atoms with Crippen LogP contribution in [0.25, 0.3) is 0 Å². The Morgan fingerprint density at radius 1 is 1.29 bits per heavy atom. The van der Waals surface area contributed by atoms with Gasteiger partial charge in [-0.2, -0.15) is 0 Å². The molecule has 0 saturated heterocycles. The molecule has 0 radical (unpaired) electrons. The van der Waals surface area contributed by atoms with Crippen molar-refractivity contribution >= 4 is 0 Å². The maximum Gasteiger partial charge on any atom is 0.0750 e. The summed E-state index contributed by atoms with van der Waals surface area (Å²) in [5.74, 6) is 1.55. The molecular formula is C12H25NO. The minimum atomic E-state index is 0.256. The van der Waals surface area contributed by atoms with Crippen LogP contribution in [-0.4, -0.2) is 19.3 Å². The van der Waals surface area contributed by atoms with Crippen LogP contribution in [-0.2, 0) is 4.74 Å². The Morgan fingerprint density at radius 2 is 1.93 bits per heavy atom. The van der Waals surface area contributed by atoms with Gasteiger partial charge >= 0.3 is 0 Å². The van der Waals surface area contributed by atoms with Gasteiger partial charge in [0.15, 0.2) is 0 Å². The highest BCUT2D eigenvalue weighted by molar-refractivity contribution is 4.88. The van der Waals surface area contributed by atoms with Crippen molar-refractivity contribution in [3.8, 4) is 0 Å². The number of nitrogens with two attached hydrogens (primary N) is 1. The van der Waals surface area contributed by atoms with Crippen LogP contribution in [0.4, 0.5) is 0 Å². The van der Waals surface area contributed by atoms with E-state index in [0.717, 1.165) is 18.3 Å². The summed E-state index contributed by atoms with van der Waals surface area (Å²) in [6, 6.07) is 0.256. The molecule has 0 amide bonds. The van der Waals surface area contributed by atoms with Gasteiger partial charge in [-0.15, -0.1) is 0 Å². The Balaban J connectivity index is 2.15. The standard InChI is InChI=1S/C12H25NO/c1-9(2)5-4-6-11(13)12(14-3)10-7-8-10/h9-12H,4-8,13H2,1-3H3. The summed E-state index contributed by atoms with van der Waals surface area (Å²) in [6.45, 7) is 4.53. The molecule has 1 rings (SSSR count). The van der Waals surface area contributed by atoms with Gasteiger partial charge in [0.2, 0.25) is 0 Å². The summed E-state index contributed by atoms with van der Waals surface area (Å²) in [6.07, 6.45) is 6.60. The van der Waals surface area contributed by atoms with Crippen molar-refractivity contribution in [2.24, 2.45) is 17.6 Å². The number of ether oxygens (including phenoxy) is 1. The first-order valence-corrected chi connectivity index (χ1v) is 5.93. The summed E-state index contributed by atoms with van der Waals surface area (Å²) in [4.78, 5) is 0. The smallest absolute Gasteiger partial charge is 0.0750 e. The van der Waals surface area contributed by atoms with Gasteiger partial charge in [-0.3, -0.25) is 0 Å². The van der Waals surface area contributed by atoms with Gasteiger partial charge in [-0.05, 0) is 31.1 Å². The van der Waals surface area contributed by atoms with E-state index >= 15 is 0 Å². The minimum absolute atomic E-state index is 0.256. The predicted molar refractivity (Wildman–Crippen MR) is 60.2 cm³/mol. The first kappa shape index (κ1) is 12.0. The molecule has 0 aromatic carbocycles. The van der Waals surface area contributed by atoms with E-state index in [2.05, 4.69) is 13.8 Å². The second-order valence-electron chi connectivity index (χ2n) is 5.03. The molecule has 2 nitrogen and oxygen atoms in total. The molecule has 0 heterocycles. The number of hydrogen-bond acceptors (Lipinski definition) is 2. The third-order valence-corrected chi connectivity index (χ3v) is 3.10. The lowest BCUT2D eigenvalue weighted by Crippen LogP contribution is -2.37. The van der Waals surface area contributed by atoms with Crippen molar-refractivity contribution in [3.05, 3.63) is 0 Å². The fourth-order valence-corrected chi connectivity index (χ4v) is 2.07. The van der Waals surface area contributed by atoms with Crippen molar-refractivity contribution in [2.75, 3.05) is 7.11 Å². The van der Waals surface area contributed by atoms with Gasteiger partial charge < -0.3 is 10.5 Å². The predicted octanol–water partition coefficient (Wildman–Crippen LogP) is 2.57. The zero-order chi connectivity index (χ0) is 10.6. The molecule has 0 spiro atoms. The Labute approximate surface area is 88.2 Å². The van der Waals surface area contributed by atoms with E-state index in [1.54, 1.807) is 7.11 Å². The van der Waals surface area contributed by atoms with Crippen LogP contribution in [0.2, 0.25) is 0 Å². The van der Waals surface area contributed by atoms with Crippen LogP contribution in [0.1, 0.15) is 46.0 Å². The van der Waals surface area contributed by atoms with Gasteiger partial charge in [0.05, 0.1) is 6.10 Å². The average molecular weight is 199 g/mol. The zero-order valence-corrected chi connectivity index (χ0v) is 9.83. The van der Waals surface area contributed by atoms with Gasteiger partial charge in [0, 0.05) is 13.2 Å². The summed E-state index contributed by atoms with van der Waals surface area (Å²) < 4.78 is 5.47. The highest BCUT2D eigenvalue weighted by atomic mass is 16.5. The first-order chi connectivity index (χ1) is 6.65. The molecule has 0 aromatic rings. The molecule has 0 bridgehead atoms. The molecule has 1 fully saturated rings. The van der Waals surface area contributed by atoms with E-state index in [0.29, 0.717) is 6.10 Å². The monoisotopic (exact) mass is 199 g/mol. The van der Waals surface area contributed by atoms with Gasteiger partial charge in [-0.25, -0.2) is 0 Å². The van der Waals surface area contributed by atoms with Crippen molar-refractivity contribution in [2.45, 2.75) is 58.1 Å². The molecule has 0 aliphatic heterocycles. The van der Waals surface area contributed by atoms with Crippen molar-refractivity contribution < 1.29 is 4.74 Å². The van der Waals surface area contributed by atoms with Crippen LogP contribution in [0.15, 0.2) is 0 Å². The third kappa shape index (κ3) is 3.97. The summed E-state index contributed by atoms with van der Waals surface area (Å²) >= 11 is 0. The first-order valence-electron chi connectivity index (χ1n) is 5.93. The molecule has 1 aliphatic carbocycles. The number of methoxy groups -OCH3 is 1. The topological polar surface area (TPSA) is 35.2 Å². The van der Waals surface area contributed by atoms with Gasteiger partial charge in [0.25, 0.3) is 0 Å². The molecule has 2 N–H and O–H groups in total. The van der Waals surface area contributed by atoms with Gasteiger partial charge in [0.1, 0.15) is 0 Å². The quantitative estimate of drug-likeness (QED) is 0.684. The van der Waals surface area contributed by atoms with Crippen LogP contribution in [0.5, 0.6) is 0 Å². The molecule has 0 aromatic heterocycles. The molecule has 1 saturated carbocycles. The normalized spacial score (nSPS) is 21.2. The lowest BCUT2D eigenvalue weighted by Gasteiger charge is -2.22. The Kier molecular flexibility index (Phi) is 4.90. The Bertz CT molecular complexity index is 154. The van der Waals surface area contributed by atoms with Crippen molar-refractivity contribution in [1.29, 1.82) is 0 Å². The van der Waals surface area contributed by atoms with E-state index in [1.165, 1.54) is 25.7 Å². The van der Waals surface area contributed by atoms with E-state index in [4.69, 9.17) is 10.5 Å². The van der Waals surface area contributed by atoms with Crippen molar-refractivity contribution in [1.82, 2.24) is 0 Å². The zero-order valence-electron chi connectivity index (χ0n) is 9.83. The van der Waals surface area contributed by atoms with Crippen LogP contribution < -0.4 is 5.73 Å². The number of hydrogen-bond donors (Lipinski definition) is 1. The average Bonchev–Trinajstić information content (AvgIpc) is 2.89.